The number of nitrogens with one attached hydrogen (secondary N) is 1. The normalized spacial score (nSPS) is 10.8. The molecule has 0 unspecified atom stereocenters. The summed E-state index contributed by atoms with van der Waals surface area (Å²) in [5.41, 5.74) is 0.966. The molecule has 0 radical (unpaired) electrons. The molecule has 0 spiro atoms. The van der Waals surface area contributed by atoms with Gasteiger partial charge in [-0.1, -0.05) is 12.1 Å². The molecule has 20 heavy (non-hydrogen) atoms. The number of rotatable bonds is 9. The highest BCUT2D eigenvalue weighted by Gasteiger charge is 2.01. The number of para-hydroxylation sites is 1. The third-order valence-electron chi connectivity index (χ3n) is 2.98. The fourth-order valence-electron chi connectivity index (χ4n) is 1.93. The van der Waals surface area contributed by atoms with Gasteiger partial charge < -0.3 is 14.8 Å². The zero-order chi connectivity index (χ0) is 14.0. The summed E-state index contributed by atoms with van der Waals surface area (Å²) < 4.78 is 10.3. The average Bonchev–Trinajstić information content (AvgIpc) is 2.50. The molecule has 0 atom stereocenters. The lowest BCUT2D eigenvalue weighted by atomic mass is 10.2. The smallest absolute Gasteiger partial charge is 0.137 e. The highest BCUT2D eigenvalue weighted by molar-refractivity contribution is 5.88. The molecule has 1 N–H and O–H groups in total. The molecule has 2 rings (SSSR count). The fraction of sp³-hybridized carbons (Fsp3) is 0.467. The van der Waals surface area contributed by atoms with Crippen molar-refractivity contribution in [3.8, 4) is 0 Å². The lowest BCUT2D eigenvalue weighted by Gasteiger charge is -2.08. The highest BCUT2D eigenvalue weighted by atomic mass is 16.5. The van der Waals surface area contributed by atoms with E-state index in [-0.39, 0.29) is 0 Å². The van der Waals surface area contributed by atoms with E-state index in [2.05, 4.69) is 15.3 Å². The molecule has 1 heterocycles. The molecule has 1 aromatic heterocycles. The zero-order valence-electron chi connectivity index (χ0n) is 11.8. The summed E-state index contributed by atoms with van der Waals surface area (Å²) in [6.45, 7) is 2.98. The summed E-state index contributed by atoms with van der Waals surface area (Å²) in [5, 5.41) is 4.42. The second-order valence-electron chi connectivity index (χ2n) is 4.48. The molecule has 0 aliphatic heterocycles. The van der Waals surface area contributed by atoms with Crippen LogP contribution >= 0.6 is 0 Å². The molecule has 5 nitrogen and oxygen atoms in total. The maximum atomic E-state index is 5.42. The number of anilines is 1. The molecular weight excluding hydrogens is 254 g/mol. The van der Waals surface area contributed by atoms with Crippen molar-refractivity contribution in [1.82, 2.24) is 9.97 Å². The molecule has 0 saturated carbocycles. The third kappa shape index (κ3) is 4.43. The summed E-state index contributed by atoms with van der Waals surface area (Å²) in [7, 11) is 1.68. The van der Waals surface area contributed by atoms with E-state index in [9.17, 15) is 0 Å². The summed E-state index contributed by atoms with van der Waals surface area (Å²) in [6, 6.07) is 8.01. The maximum Gasteiger partial charge on any atom is 0.137 e. The van der Waals surface area contributed by atoms with Crippen LogP contribution in [0.25, 0.3) is 10.9 Å². The lowest BCUT2D eigenvalue weighted by Crippen LogP contribution is -2.07. The predicted octanol–water partition coefficient (Wildman–Crippen LogP) is 2.48. The van der Waals surface area contributed by atoms with Crippen LogP contribution in [0.3, 0.4) is 0 Å². The van der Waals surface area contributed by atoms with Crippen LogP contribution < -0.4 is 5.32 Å². The van der Waals surface area contributed by atoms with Crippen LogP contribution in [0.5, 0.6) is 0 Å². The van der Waals surface area contributed by atoms with E-state index in [0.29, 0.717) is 13.2 Å². The summed E-state index contributed by atoms with van der Waals surface area (Å²) >= 11 is 0. The van der Waals surface area contributed by atoms with Crippen LogP contribution in [-0.2, 0) is 9.47 Å². The standard InChI is InChI=1S/C15H21N3O2/c1-19-10-11-20-9-5-4-8-16-15-13-6-2-3-7-14(13)17-12-18-15/h2-3,6-7,12H,4-5,8-11H2,1H3,(H,16,17,18). The number of unbranched alkanes of at least 4 members (excludes halogenated alkanes) is 1. The number of benzene rings is 1. The van der Waals surface area contributed by atoms with Crippen molar-refractivity contribution in [3.05, 3.63) is 30.6 Å². The van der Waals surface area contributed by atoms with E-state index in [1.165, 1.54) is 0 Å². The van der Waals surface area contributed by atoms with Gasteiger partial charge in [-0.25, -0.2) is 9.97 Å². The molecule has 0 aliphatic carbocycles. The predicted molar refractivity (Wildman–Crippen MR) is 80.0 cm³/mol. The Morgan fingerprint density at radius 1 is 1.05 bits per heavy atom. The van der Waals surface area contributed by atoms with Gasteiger partial charge in [0.05, 0.1) is 18.7 Å². The number of aromatic nitrogens is 2. The highest BCUT2D eigenvalue weighted by Crippen LogP contribution is 2.18. The van der Waals surface area contributed by atoms with Gasteiger partial charge in [0, 0.05) is 25.6 Å². The van der Waals surface area contributed by atoms with Gasteiger partial charge in [-0.3, -0.25) is 0 Å². The topological polar surface area (TPSA) is 56.3 Å². The molecular formula is C15H21N3O2. The van der Waals surface area contributed by atoms with E-state index < -0.39 is 0 Å². The second-order valence-corrected chi connectivity index (χ2v) is 4.48. The molecule has 2 aromatic rings. The van der Waals surface area contributed by atoms with Crippen LogP contribution in [0.15, 0.2) is 30.6 Å². The maximum absolute atomic E-state index is 5.42. The molecule has 0 aliphatic rings. The lowest BCUT2D eigenvalue weighted by molar-refractivity contribution is 0.0691. The van der Waals surface area contributed by atoms with Crippen LogP contribution in [0.1, 0.15) is 12.8 Å². The third-order valence-corrected chi connectivity index (χ3v) is 2.98. The van der Waals surface area contributed by atoms with Gasteiger partial charge in [0.1, 0.15) is 12.1 Å². The Balaban J connectivity index is 1.71. The van der Waals surface area contributed by atoms with Gasteiger partial charge in [-0.05, 0) is 25.0 Å². The molecule has 0 saturated heterocycles. The Bertz CT molecular complexity index is 514. The quantitative estimate of drug-likeness (QED) is 0.712. The minimum absolute atomic E-state index is 0.658. The Kier molecular flexibility index (Phi) is 6.20. The van der Waals surface area contributed by atoms with Crippen LogP contribution in [-0.4, -0.2) is 43.4 Å². The first kappa shape index (κ1) is 14.7. The van der Waals surface area contributed by atoms with E-state index in [1.807, 2.05) is 24.3 Å². The van der Waals surface area contributed by atoms with Crippen LogP contribution in [0.4, 0.5) is 5.82 Å². The van der Waals surface area contributed by atoms with E-state index >= 15 is 0 Å². The Hall–Kier alpha value is -1.72. The van der Waals surface area contributed by atoms with E-state index in [0.717, 1.165) is 42.7 Å². The van der Waals surface area contributed by atoms with Gasteiger partial charge in [0.2, 0.25) is 0 Å². The molecule has 0 bridgehead atoms. The van der Waals surface area contributed by atoms with Gasteiger partial charge >= 0.3 is 0 Å². The van der Waals surface area contributed by atoms with Crippen molar-refractivity contribution in [3.63, 3.8) is 0 Å². The summed E-state index contributed by atoms with van der Waals surface area (Å²) in [6.07, 6.45) is 3.67. The first-order chi connectivity index (χ1) is 9.92. The second kappa shape index (κ2) is 8.45. The fourth-order valence-corrected chi connectivity index (χ4v) is 1.93. The number of hydrogen-bond acceptors (Lipinski definition) is 5. The number of nitrogens with zero attached hydrogens (tertiary/aromatic N) is 2. The Morgan fingerprint density at radius 2 is 1.95 bits per heavy atom. The summed E-state index contributed by atoms with van der Waals surface area (Å²) in [4.78, 5) is 8.54. The number of ether oxygens (including phenoxy) is 2. The Labute approximate surface area is 119 Å². The average molecular weight is 275 g/mol. The molecule has 0 amide bonds. The van der Waals surface area contributed by atoms with Crippen molar-refractivity contribution >= 4 is 16.7 Å². The Morgan fingerprint density at radius 3 is 2.85 bits per heavy atom. The van der Waals surface area contributed by atoms with Gasteiger partial charge in [-0.2, -0.15) is 0 Å². The largest absolute Gasteiger partial charge is 0.382 e. The van der Waals surface area contributed by atoms with Crippen LogP contribution in [0.2, 0.25) is 0 Å². The van der Waals surface area contributed by atoms with Crippen LogP contribution in [0, 0.1) is 0 Å². The van der Waals surface area contributed by atoms with Gasteiger partial charge in [0.25, 0.3) is 0 Å². The minimum Gasteiger partial charge on any atom is -0.382 e. The first-order valence-corrected chi connectivity index (χ1v) is 6.92. The van der Waals surface area contributed by atoms with E-state index in [4.69, 9.17) is 9.47 Å². The van der Waals surface area contributed by atoms with Crippen molar-refractivity contribution in [2.45, 2.75) is 12.8 Å². The molecule has 0 fully saturated rings. The van der Waals surface area contributed by atoms with Crippen molar-refractivity contribution in [2.24, 2.45) is 0 Å². The van der Waals surface area contributed by atoms with Crippen molar-refractivity contribution in [1.29, 1.82) is 0 Å². The number of methoxy groups -OCH3 is 1. The molecule has 108 valence electrons. The number of fused-ring (bicyclic) bond motifs is 1. The summed E-state index contributed by atoms with van der Waals surface area (Å²) in [5.74, 6) is 0.899. The minimum atomic E-state index is 0.658. The monoisotopic (exact) mass is 275 g/mol. The zero-order valence-corrected chi connectivity index (χ0v) is 11.8. The van der Waals surface area contributed by atoms with Gasteiger partial charge in [-0.15, -0.1) is 0 Å². The van der Waals surface area contributed by atoms with Crippen molar-refractivity contribution in [2.75, 3.05) is 38.8 Å². The van der Waals surface area contributed by atoms with Gasteiger partial charge in [0.15, 0.2) is 0 Å². The molecule has 1 aromatic carbocycles. The van der Waals surface area contributed by atoms with E-state index in [1.54, 1.807) is 13.4 Å². The SMILES string of the molecule is COCCOCCCCNc1ncnc2ccccc12. The number of hydrogen-bond donors (Lipinski definition) is 1. The van der Waals surface area contributed by atoms with Crippen molar-refractivity contribution < 1.29 is 9.47 Å². The first-order valence-electron chi connectivity index (χ1n) is 6.92. The molecule has 5 heteroatoms.